The molecule has 0 atom stereocenters. The SMILES string of the molecule is BrC(Br)(Br)c1ccc(C(Br)(Br)Br)c(C(Br)(Br)Br)c1. The largest absolute Gasteiger partial charge is 0.160 e. The smallest absolute Gasteiger partial charge is 0.0555 e. The number of hydrogen-bond acceptors (Lipinski definition) is 0. The first-order valence-electron chi connectivity index (χ1n) is 4.19. The Morgan fingerprint density at radius 2 is 1.00 bits per heavy atom. The molecule has 0 saturated heterocycles. The first kappa shape index (κ1) is 19.6. The van der Waals surface area contributed by atoms with Crippen molar-refractivity contribution in [1.29, 1.82) is 0 Å². The van der Waals surface area contributed by atoms with Crippen molar-refractivity contribution in [2.75, 3.05) is 0 Å². The Hall–Kier alpha value is 3.54. The molecular weight excluding hydrogens is 827 g/mol. The van der Waals surface area contributed by atoms with Gasteiger partial charge in [0.2, 0.25) is 0 Å². The van der Waals surface area contributed by atoms with Crippen LogP contribution in [-0.4, -0.2) is 0 Å². The van der Waals surface area contributed by atoms with E-state index < -0.39 is 6.43 Å². The van der Waals surface area contributed by atoms with E-state index in [0.717, 1.165) is 16.7 Å². The van der Waals surface area contributed by atoms with Crippen molar-refractivity contribution in [1.82, 2.24) is 0 Å². The Labute approximate surface area is 181 Å². The van der Waals surface area contributed by atoms with Crippen LogP contribution < -0.4 is 0 Å². The van der Waals surface area contributed by atoms with Gasteiger partial charge in [-0.05, 0) is 22.8 Å². The summed E-state index contributed by atoms with van der Waals surface area (Å²) < 4.78 is -1.46. The second-order valence-corrected chi connectivity index (χ2v) is 23.5. The van der Waals surface area contributed by atoms with Crippen molar-refractivity contribution in [3.8, 4) is 0 Å². The molecule has 0 fully saturated rings. The fourth-order valence-corrected chi connectivity index (χ4v) is 3.96. The van der Waals surface area contributed by atoms with Gasteiger partial charge in [-0.3, -0.25) is 0 Å². The lowest BCUT2D eigenvalue weighted by Crippen LogP contribution is -2.12. The third kappa shape index (κ3) is 5.63. The van der Waals surface area contributed by atoms with E-state index in [4.69, 9.17) is 0 Å². The zero-order valence-electron chi connectivity index (χ0n) is 8.13. The van der Waals surface area contributed by atoms with Crippen LogP contribution in [-0.2, 0) is 6.43 Å². The topological polar surface area (TPSA) is 0 Å². The van der Waals surface area contributed by atoms with Gasteiger partial charge in [-0.15, -0.1) is 0 Å². The molecule has 18 heavy (non-hydrogen) atoms. The van der Waals surface area contributed by atoms with Gasteiger partial charge in [0.15, 0.2) is 6.43 Å². The third-order valence-electron chi connectivity index (χ3n) is 1.96. The molecule has 0 aliphatic heterocycles. The van der Waals surface area contributed by atoms with Gasteiger partial charge in [-0.25, -0.2) is 0 Å². The summed E-state index contributed by atoms with van der Waals surface area (Å²) in [5.41, 5.74) is 3.06. The molecule has 0 spiro atoms. The number of alkyl halides is 9. The maximum atomic E-state index is 3.56. The lowest BCUT2D eigenvalue weighted by Gasteiger charge is -2.25. The summed E-state index contributed by atoms with van der Waals surface area (Å²) in [6.45, 7) is 0. The van der Waals surface area contributed by atoms with Crippen LogP contribution >= 0.6 is 143 Å². The minimum Gasteiger partial charge on any atom is -0.0555 e. The van der Waals surface area contributed by atoms with Crippen LogP contribution in [0, 0.1) is 0 Å². The van der Waals surface area contributed by atoms with E-state index in [1.54, 1.807) is 0 Å². The van der Waals surface area contributed by atoms with E-state index in [1.165, 1.54) is 0 Å². The van der Waals surface area contributed by atoms with Crippen LogP contribution in [0.4, 0.5) is 0 Å². The average Bonchev–Trinajstić information content (AvgIpc) is 2.12. The first-order valence-corrected chi connectivity index (χ1v) is 11.3. The highest BCUT2D eigenvalue weighted by molar-refractivity contribution is 9.39. The van der Waals surface area contributed by atoms with Gasteiger partial charge in [0.05, 0.1) is 0 Å². The summed E-state index contributed by atoms with van der Waals surface area (Å²) >= 11 is 31.8. The van der Waals surface area contributed by atoms with E-state index in [2.05, 4.69) is 143 Å². The first-order chi connectivity index (χ1) is 7.83. The number of hydrogen-bond donors (Lipinski definition) is 0. The predicted octanol–water partition coefficient (Wildman–Crippen LogP) is 8.57. The quantitative estimate of drug-likeness (QED) is 0.230. The zero-order chi connectivity index (χ0) is 14.4. The summed E-state index contributed by atoms with van der Waals surface area (Å²) in [5.74, 6) is 0. The molecule has 0 bridgehead atoms. The molecule has 0 unspecified atom stereocenters. The molecule has 0 aliphatic rings. The molecule has 9 heteroatoms. The Morgan fingerprint density at radius 3 is 1.33 bits per heavy atom. The summed E-state index contributed by atoms with van der Waals surface area (Å²) in [5, 5.41) is 0. The van der Waals surface area contributed by atoms with Crippen LogP contribution in [0.1, 0.15) is 16.7 Å². The number of benzene rings is 1. The Morgan fingerprint density at radius 1 is 0.556 bits per heavy atom. The Kier molecular flexibility index (Phi) is 7.59. The van der Waals surface area contributed by atoms with Crippen molar-refractivity contribution < 1.29 is 0 Å². The molecule has 0 N–H and O–H groups in total. The molecule has 1 aromatic carbocycles. The molecule has 1 aromatic rings. The Balaban J connectivity index is 3.50. The third-order valence-corrected chi connectivity index (χ3v) is 5.89. The molecule has 1 rings (SSSR count). The minimum atomic E-state index is -0.517. The normalized spacial score (nSPS) is 13.8. The zero-order valence-corrected chi connectivity index (χ0v) is 22.4. The van der Waals surface area contributed by atoms with E-state index in [1.807, 2.05) is 18.2 Å². The predicted molar refractivity (Wildman–Crippen MR) is 112 cm³/mol. The fourth-order valence-electron chi connectivity index (χ4n) is 1.20. The summed E-state index contributed by atoms with van der Waals surface area (Å²) in [4.78, 5) is 0. The Bertz CT molecular complexity index is 435. The maximum absolute atomic E-state index is 3.56. The van der Waals surface area contributed by atoms with E-state index >= 15 is 0 Å². The second kappa shape index (κ2) is 6.97. The van der Waals surface area contributed by atoms with Crippen molar-refractivity contribution in [3.63, 3.8) is 0 Å². The average molecular weight is 830 g/mol. The molecule has 0 radical (unpaired) electrons. The van der Waals surface area contributed by atoms with Crippen LogP contribution in [0.2, 0.25) is 0 Å². The van der Waals surface area contributed by atoms with E-state index in [0.29, 0.717) is 0 Å². The second-order valence-electron chi connectivity index (χ2n) is 3.25. The van der Waals surface area contributed by atoms with Crippen LogP contribution in [0.15, 0.2) is 18.2 Å². The molecule has 0 amide bonds. The highest BCUT2D eigenvalue weighted by Crippen LogP contribution is 2.55. The van der Waals surface area contributed by atoms with Gasteiger partial charge in [-0.1, -0.05) is 156 Å². The molecule has 0 saturated carbocycles. The minimum absolute atomic E-state index is 0.452. The van der Waals surface area contributed by atoms with Crippen LogP contribution in [0.25, 0.3) is 0 Å². The van der Waals surface area contributed by atoms with Crippen molar-refractivity contribution >= 4 is 143 Å². The molecule has 0 heterocycles. The summed E-state index contributed by atoms with van der Waals surface area (Å²) in [6.07, 6.45) is 0. The van der Waals surface area contributed by atoms with Gasteiger partial charge in [0.25, 0.3) is 0 Å². The van der Waals surface area contributed by atoms with Crippen molar-refractivity contribution in [3.05, 3.63) is 34.9 Å². The molecule has 0 aliphatic carbocycles. The van der Waals surface area contributed by atoms with Crippen molar-refractivity contribution in [2.45, 2.75) is 6.43 Å². The summed E-state index contributed by atoms with van der Waals surface area (Å²) in [6, 6.07) is 6.07. The summed E-state index contributed by atoms with van der Waals surface area (Å²) in [7, 11) is 0. The van der Waals surface area contributed by atoms with Gasteiger partial charge in [0.1, 0.15) is 0 Å². The lowest BCUT2D eigenvalue weighted by atomic mass is 10.1. The van der Waals surface area contributed by atoms with Gasteiger partial charge in [0, 0.05) is 0 Å². The van der Waals surface area contributed by atoms with Crippen LogP contribution in [0.5, 0.6) is 0 Å². The van der Waals surface area contributed by atoms with Gasteiger partial charge in [-0.2, -0.15) is 0 Å². The molecule has 102 valence electrons. The van der Waals surface area contributed by atoms with E-state index in [-0.39, 0.29) is 0 Å². The maximum Gasteiger partial charge on any atom is 0.160 e. The van der Waals surface area contributed by atoms with Gasteiger partial charge < -0.3 is 0 Å². The molecule has 0 nitrogen and oxygen atoms in total. The monoisotopic (exact) mass is 821 g/mol. The van der Waals surface area contributed by atoms with Crippen molar-refractivity contribution in [2.24, 2.45) is 0 Å². The number of halogens is 9. The van der Waals surface area contributed by atoms with E-state index in [9.17, 15) is 0 Å². The van der Waals surface area contributed by atoms with Gasteiger partial charge >= 0.3 is 0 Å². The molecular formula is C9H3Br9. The number of rotatable bonds is 0. The fraction of sp³-hybridized carbons (Fsp3) is 0.333. The highest BCUT2D eigenvalue weighted by Gasteiger charge is 2.34. The molecule has 0 aromatic heterocycles. The highest BCUT2D eigenvalue weighted by atomic mass is 80.0. The lowest BCUT2D eigenvalue weighted by molar-refractivity contribution is 1.20. The standard InChI is InChI=1S/C9H3Br9/c10-7(11,12)4-1-2-5(8(13,14)15)6(3-4)9(16,17)18/h1-3H. The van der Waals surface area contributed by atoms with Crippen LogP contribution in [0.3, 0.4) is 0 Å².